The second kappa shape index (κ2) is 6.86. The van der Waals surface area contributed by atoms with E-state index < -0.39 is 0 Å². The number of anilines is 1. The summed E-state index contributed by atoms with van der Waals surface area (Å²) < 4.78 is 0. The fourth-order valence-corrected chi connectivity index (χ4v) is 2.80. The van der Waals surface area contributed by atoms with Crippen molar-refractivity contribution < 1.29 is 0 Å². The molecule has 0 atom stereocenters. The van der Waals surface area contributed by atoms with Gasteiger partial charge in [-0.05, 0) is 12.8 Å². The number of nitrogens with one attached hydrogen (secondary N) is 2. The predicted molar refractivity (Wildman–Crippen MR) is 70.1 cm³/mol. The monoisotopic (exact) mass is 239 g/mol. The summed E-state index contributed by atoms with van der Waals surface area (Å²) in [5, 5.41) is 9.99. The average Bonchev–Trinajstić information content (AvgIpc) is 2.68. The molecule has 0 radical (unpaired) electrons. The molecule has 16 heavy (non-hydrogen) atoms. The van der Waals surface area contributed by atoms with Crippen molar-refractivity contribution >= 4 is 16.5 Å². The Kier molecular flexibility index (Phi) is 5.09. The number of hydrogen-bond acceptors (Lipinski definition) is 4. The molecule has 3 nitrogen and oxygen atoms in total. The number of thiazole rings is 1. The highest BCUT2D eigenvalue weighted by Crippen LogP contribution is 2.17. The SMILES string of the molecule is c1csc(NCCNC2CCCCCC2)n1. The summed E-state index contributed by atoms with van der Waals surface area (Å²) >= 11 is 1.66. The van der Waals surface area contributed by atoms with Crippen LogP contribution in [0.1, 0.15) is 38.5 Å². The fourth-order valence-electron chi connectivity index (χ4n) is 2.24. The molecule has 4 heteroatoms. The van der Waals surface area contributed by atoms with E-state index in [9.17, 15) is 0 Å². The topological polar surface area (TPSA) is 37.0 Å². The molecule has 1 fully saturated rings. The van der Waals surface area contributed by atoms with E-state index in [0.717, 1.165) is 24.3 Å². The van der Waals surface area contributed by atoms with Crippen molar-refractivity contribution in [1.82, 2.24) is 10.3 Å². The minimum atomic E-state index is 0.751. The van der Waals surface area contributed by atoms with Gasteiger partial charge in [-0.15, -0.1) is 11.3 Å². The first kappa shape index (κ1) is 11.9. The minimum Gasteiger partial charge on any atom is -0.360 e. The van der Waals surface area contributed by atoms with E-state index in [0.29, 0.717) is 0 Å². The van der Waals surface area contributed by atoms with Crippen molar-refractivity contribution in [2.75, 3.05) is 18.4 Å². The third-order valence-corrected chi connectivity index (χ3v) is 3.85. The smallest absolute Gasteiger partial charge is 0.182 e. The summed E-state index contributed by atoms with van der Waals surface area (Å²) in [5.41, 5.74) is 0. The molecule has 0 saturated heterocycles. The standard InChI is InChI=1S/C12H21N3S/c1-2-4-6-11(5-3-1)13-7-8-14-12-15-9-10-16-12/h9-11,13H,1-8H2,(H,14,15). The zero-order valence-corrected chi connectivity index (χ0v) is 10.6. The lowest BCUT2D eigenvalue weighted by Gasteiger charge is -2.16. The maximum Gasteiger partial charge on any atom is 0.182 e. The van der Waals surface area contributed by atoms with E-state index in [4.69, 9.17) is 0 Å². The third kappa shape index (κ3) is 4.10. The lowest BCUT2D eigenvalue weighted by molar-refractivity contribution is 0.468. The van der Waals surface area contributed by atoms with Crippen LogP contribution in [0.5, 0.6) is 0 Å². The Morgan fingerprint density at radius 2 is 2.00 bits per heavy atom. The molecular formula is C12H21N3S. The van der Waals surface area contributed by atoms with Crippen molar-refractivity contribution in [2.45, 2.75) is 44.6 Å². The lowest BCUT2D eigenvalue weighted by atomic mass is 10.1. The highest BCUT2D eigenvalue weighted by atomic mass is 32.1. The van der Waals surface area contributed by atoms with Crippen molar-refractivity contribution in [3.63, 3.8) is 0 Å². The zero-order valence-electron chi connectivity index (χ0n) is 9.74. The van der Waals surface area contributed by atoms with Gasteiger partial charge in [0.1, 0.15) is 0 Å². The molecule has 0 unspecified atom stereocenters. The van der Waals surface area contributed by atoms with E-state index in [1.54, 1.807) is 11.3 Å². The van der Waals surface area contributed by atoms with Gasteiger partial charge >= 0.3 is 0 Å². The van der Waals surface area contributed by atoms with Crippen LogP contribution in [-0.2, 0) is 0 Å². The van der Waals surface area contributed by atoms with E-state index in [2.05, 4.69) is 15.6 Å². The van der Waals surface area contributed by atoms with Gasteiger partial charge in [-0.2, -0.15) is 0 Å². The average molecular weight is 239 g/mol. The third-order valence-electron chi connectivity index (χ3n) is 3.12. The number of rotatable bonds is 5. The van der Waals surface area contributed by atoms with Crippen LogP contribution in [0.4, 0.5) is 5.13 Å². The Balaban J connectivity index is 1.56. The molecule has 2 rings (SSSR count). The van der Waals surface area contributed by atoms with E-state index in [-0.39, 0.29) is 0 Å². The molecule has 2 N–H and O–H groups in total. The maximum absolute atomic E-state index is 4.20. The molecule has 1 aliphatic carbocycles. The summed E-state index contributed by atoms with van der Waals surface area (Å²) in [6, 6.07) is 0.751. The van der Waals surface area contributed by atoms with Gasteiger partial charge in [0.05, 0.1) is 0 Å². The molecule has 1 heterocycles. The number of nitrogens with zero attached hydrogens (tertiary/aromatic N) is 1. The molecule has 0 amide bonds. The first-order chi connectivity index (χ1) is 7.95. The van der Waals surface area contributed by atoms with Gasteiger partial charge in [0.25, 0.3) is 0 Å². The molecular weight excluding hydrogens is 218 g/mol. The van der Waals surface area contributed by atoms with Crippen LogP contribution in [0.3, 0.4) is 0 Å². The van der Waals surface area contributed by atoms with Gasteiger partial charge in [-0.25, -0.2) is 4.98 Å². The Morgan fingerprint density at radius 3 is 2.69 bits per heavy atom. The molecule has 1 aliphatic rings. The van der Waals surface area contributed by atoms with Gasteiger partial charge in [0.15, 0.2) is 5.13 Å². The highest BCUT2D eigenvalue weighted by molar-refractivity contribution is 7.13. The molecule has 1 aromatic heterocycles. The Hall–Kier alpha value is -0.610. The summed E-state index contributed by atoms with van der Waals surface area (Å²) in [7, 11) is 0. The Morgan fingerprint density at radius 1 is 1.19 bits per heavy atom. The quantitative estimate of drug-likeness (QED) is 0.613. The second-order valence-electron chi connectivity index (χ2n) is 4.41. The molecule has 0 aromatic carbocycles. The van der Waals surface area contributed by atoms with Crippen molar-refractivity contribution in [3.05, 3.63) is 11.6 Å². The number of hydrogen-bond donors (Lipinski definition) is 2. The summed E-state index contributed by atoms with van der Waals surface area (Å²) in [6.07, 6.45) is 10.2. The lowest BCUT2D eigenvalue weighted by Crippen LogP contribution is -2.32. The van der Waals surface area contributed by atoms with Crippen LogP contribution >= 0.6 is 11.3 Å². The predicted octanol–water partition coefficient (Wildman–Crippen LogP) is 2.87. The first-order valence-electron chi connectivity index (χ1n) is 6.32. The van der Waals surface area contributed by atoms with Gasteiger partial charge in [-0.1, -0.05) is 25.7 Å². The normalized spacial score (nSPS) is 18.2. The van der Waals surface area contributed by atoms with Gasteiger partial charge in [0.2, 0.25) is 0 Å². The summed E-state index contributed by atoms with van der Waals surface area (Å²) in [6.45, 7) is 2.02. The van der Waals surface area contributed by atoms with Gasteiger partial charge < -0.3 is 10.6 Å². The zero-order chi connectivity index (χ0) is 11.1. The van der Waals surface area contributed by atoms with Gasteiger partial charge in [-0.3, -0.25) is 0 Å². The summed E-state index contributed by atoms with van der Waals surface area (Å²) in [5.74, 6) is 0. The van der Waals surface area contributed by atoms with Crippen molar-refractivity contribution in [2.24, 2.45) is 0 Å². The molecule has 1 aromatic rings. The molecule has 1 saturated carbocycles. The Bertz CT molecular complexity index is 266. The molecule has 0 aliphatic heterocycles. The van der Waals surface area contributed by atoms with Crippen molar-refractivity contribution in [1.29, 1.82) is 0 Å². The van der Waals surface area contributed by atoms with Gasteiger partial charge in [0, 0.05) is 30.7 Å². The van der Waals surface area contributed by atoms with Crippen LogP contribution < -0.4 is 10.6 Å². The largest absolute Gasteiger partial charge is 0.360 e. The number of aromatic nitrogens is 1. The van der Waals surface area contributed by atoms with Crippen LogP contribution in [-0.4, -0.2) is 24.1 Å². The maximum atomic E-state index is 4.20. The fraction of sp³-hybridized carbons (Fsp3) is 0.750. The van der Waals surface area contributed by atoms with Crippen LogP contribution in [0, 0.1) is 0 Å². The molecule has 90 valence electrons. The van der Waals surface area contributed by atoms with E-state index in [1.165, 1.54) is 38.5 Å². The van der Waals surface area contributed by atoms with E-state index >= 15 is 0 Å². The Labute approximate surface area is 102 Å². The van der Waals surface area contributed by atoms with Crippen molar-refractivity contribution in [3.8, 4) is 0 Å². The highest BCUT2D eigenvalue weighted by Gasteiger charge is 2.10. The minimum absolute atomic E-state index is 0.751. The molecule has 0 spiro atoms. The van der Waals surface area contributed by atoms with E-state index in [1.807, 2.05) is 11.6 Å². The van der Waals surface area contributed by atoms with Crippen LogP contribution in [0.2, 0.25) is 0 Å². The second-order valence-corrected chi connectivity index (χ2v) is 5.30. The van der Waals surface area contributed by atoms with Crippen LogP contribution in [0.25, 0.3) is 0 Å². The van der Waals surface area contributed by atoms with Crippen LogP contribution in [0.15, 0.2) is 11.6 Å². The first-order valence-corrected chi connectivity index (χ1v) is 7.20. The molecule has 0 bridgehead atoms. The summed E-state index contributed by atoms with van der Waals surface area (Å²) in [4.78, 5) is 4.20.